The summed E-state index contributed by atoms with van der Waals surface area (Å²) in [7, 11) is 0. The summed E-state index contributed by atoms with van der Waals surface area (Å²) >= 11 is 8.21. The van der Waals surface area contributed by atoms with Gasteiger partial charge in [0.05, 0.1) is 13.2 Å². The third-order valence-corrected chi connectivity index (χ3v) is 6.92. The minimum absolute atomic E-state index is 0.228. The molecule has 0 atom stereocenters. The van der Waals surface area contributed by atoms with Crippen LogP contribution < -0.4 is 4.52 Å². The van der Waals surface area contributed by atoms with Gasteiger partial charge in [-0.25, -0.2) is 0 Å². The molecule has 1 heterocycles. The summed E-state index contributed by atoms with van der Waals surface area (Å²) < 4.78 is 21.4. The number of aryl methyl sites for hydroxylation is 1. The molecule has 0 N–H and O–H groups in total. The molecular weight excluding hydrogens is 371 g/mol. The van der Waals surface area contributed by atoms with Crippen LogP contribution in [0.5, 0.6) is 6.01 Å². The summed E-state index contributed by atoms with van der Waals surface area (Å²) in [4.78, 5) is 4.34. The van der Waals surface area contributed by atoms with Crippen LogP contribution in [-0.2, 0) is 26.6 Å². The molecular formula is C14H19N2O3PS3. The van der Waals surface area contributed by atoms with E-state index in [1.807, 2.05) is 13.8 Å². The molecule has 0 amide bonds. The zero-order valence-electron chi connectivity index (χ0n) is 13.2. The maximum Gasteiger partial charge on any atom is 0.382 e. The minimum atomic E-state index is -2.80. The van der Waals surface area contributed by atoms with E-state index in [0.717, 1.165) is 10.1 Å². The van der Waals surface area contributed by atoms with Gasteiger partial charge in [0.1, 0.15) is 0 Å². The summed E-state index contributed by atoms with van der Waals surface area (Å²) in [6.07, 6.45) is 0. The Labute approximate surface area is 150 Å². The fourth-order valence-corrected chi connectivity index (χ4v) is 5.09. The molecule has 0 spiro atoms. The minimum Gasteiger partial charge on any atom is -0.388 e. The van der Waals surface area contributed by atoms with Crippen LogP contribution in [0.4, 0.5) is 0 Å². The standard InChI is InChI=1S/C14H19N2O3PS3/c1-4-17-20(21,18-5-2)19-13-15-14(23-16-13)22-10-12-8-6-11(3)7-9-12/h6-9H,4-5,10H2,1-3H3. The molecule has 126 valence electrons. The fraction of sp³-hybridized carbons (Fsp3) is 0.429. The summed E-state index contributed by atoms with van der Waals surface area (Å²) in [6, 6.07) is 8.66. The van der Waals surface area contributed by atoms with Crippen LogP contribution in [0.3, 0.4) is 0 Å². The first-order valence-electron chi connectivity index (χ1n) is 7.15. The van der Waals surface area contributed by atoms with Crippen molar-refractivity contribution in [1.29, 1.82) is 0 Å². The van der Waals surface area contributed by atoms with E-state index in [2.05, 4.69) is 40.5 Å². The highest BCUT2D eigenvalue weighted by molar-refractivity contribution is 8.07. The summed E-state index contributed by atoms with van der Waals surface area (Å²) in [5.74, 6) is 0.833. The van der Waals surface area contributed by atoms with Crippen LogP contribution in [0.15, 0.2) is 28.6 Å². The maximum atomic E-state index is 5.59. The lowest BCUT2D eigenvalue weighted by molar-refractivity contribution is 0.214. The molecule has 1 aromatic heterocycles. The lowest BCUT2D eigenvalue weighted by Crippen LogP contribution is -2.02. The molecule has 0 unspecified atom stereocenters. The molecule has 0 aliphatic carbocycles. The molecule has 2 aromatic rings. The lowest BCUT2D eigenvalue weighted by Gasteiger charge is -2.18. The number of hydrogen-bond donors (Lipinski definition) is 0. The van der Waals surface area contributed by atoms with E-state index in [1.165, 1.54) is 22.7 Å². The van der Waals surface area contributed by atoms with E-state index in [-0.39, 0.29) is 6.01 Å². The van der Waals surface area contributed by atoms with Gasteiger partial charge in [0, 0.05) is 17.6 Å². The molecule has 0 fully saturated rings. The van der Waals surface area contributed by atoms with E-state index in [1.54, 1.807) is 11.8 Å². The van der Waals surface area contributed by atoms with Crippen molar-refractivity contribution < 1.29 is 13.6 Å². The zero-order valence-corrected chi connectivity index (χ0v) is 16.6. The molecule has 23 heavy (non-hydrogen) atoms. The van der Waals surface area contributed by atoms with Crippen molar-refractivity contribution in [2.45, 2.75) is 30.9 Å². The van der Waals surface area contributed by atoms with Gasteiger partial charge >= 0.3 is 12.7 Å². The average Bonchev–Trinajstić information content (AvgIpc) is 2.94. The monoisotopic (exact) mass is 390 g/mol. The molecule has 0 radical (unpaired) electrons. The summed E-state index contributed by atoms with van der Waals surface area (Å²) in [6.45, 7) is 3.82. The third kappa shape index (κ3) is 6.14. The predicted octanol–water partition coefficient (Wildman–Crippen LogP) is 4.82. The predicted molar refractivity (Wildman–Crippen MR) is 98.8 cm³/mol. The second kappa shape index (κ2) is 9.11. The first kappa shape index (κ1) is 18.8. The van der Waals surface area contributed by atoms with E-state index in [0.29, 0.717) is 13.2 Å². The molecule has 0 aliphatic rings. The molecule has 1 aromatic carbocycles. The van der Waals surface area contributed by atoms with Crippen molar-refractivity contribution in [1.82, 2.24) is 9.36 Å². The Morgan fingerprint density at radius 2 is 1.83 bits per heavy atom. The number of rotatable bonds is 9. The van der Waals surface area contributed by atoms with Gasteiger partial charge in [-0.15, -0.1) is 4.37 Å². The third-order valence-electron chi connectivity index (χ3n) is 2.64. The number of benzene rings is 1. The summed E-state index contributed by atoms with van der Waals surface area (Å²) in [5, 5.41) is 0. The van der Waals surface area contributed by atoms with E-state index in [4.69, 9.17) is 25.4 Å². The molecule has 0 bridgehead atoms. The Morgan fingerprint density at radius 3 is 2.43 bits per heavy atom. The molecule has 0 saturated heterocycles. The van der Waals surface area contributed by atoms with Gasteiger partial charge in [-0.05, 0) is 37.9 Å². The van der Waals surface area contributed by atoms with Gasteiger partial charge in [-0.3, -0.25) is 9.05 Å². The van der Waals surface area contributed by atoms with Crippen LogP contribution in [-0.4, -0.2) is 22.6 Å². The lowest BCUT2D eigenvalue weighted by atomic mass is 10.2. The number of aromatic nitrogens is 2. The van der Waals surface area contributed by atoms with Gasteiger partial charge < -0.3 is 4.52 Å². The van der Waals surface area contributed by atoms with Gasteiger partial charge in [0.15, 0.2) is 4.34 Å². The van der Waals surface area contributed by atoms with Gasteiger partial charge in [0.2, 0.25) is 0 Å². The SMILES string of the molecule is CCOP(=S)(OCC)Oc1nsc(SCc2ccc(C)cc2)n1. The van der Waals surface area contributed by atoms with Crippen LogP contribution in [0.25, 0.3) is 0 Å². The second-order valence-electron chi connectivity index (χ2n) is 4.49. The van der Waals surface area contributed by atoms with Crippen molar-refractivity contribution in [2.75, 3.05) is 13.2 Å². The van der Waals surface area contributed by atoms with Gasteiger partial charge in [-0.2, -0.15) is 4.98 Å². The van der Waals surface area contributed by atoms with Crippen molar-refractivity contribution in [3.05, 3.63) is 35.4 Å². The zero-order chi connectivity index (χ0) is 16.7. The first-order chi connectivity index (χ1) is 11.0. The highest BCUT2D eigenvalue weighted by Crippen LogP contribution is 2.49. The Bertz CT molecular complexity index is 654. The van der Waals surface area contributed by atoms with Crippen molar-refractivity contribution in [2.24, 2.45) is 0 Å². The largest absolute Gasteiger partial charge is 0.388 e. The van der Waals surface area contributed by atoms with Gasteiger partial charge in [-0.1, -0.05) is 41.6 Å². The molecule has 2 rings (SSSR count). The number of nitrogens with zero attached hydrogens (tertiary/aromatic N) is 2. The Kier molecular flexibility index (Phi) is 7.46. The van der Waals surface area contributed by atoms with Gasteiger partial charge in [0.25, 0.3) is 0 Å². The number of thioether (sulfide) groups is 1. The Balaban J connectivity index is 1.94. The highest BCUT2D eigenvalue weighted by atomic mass is 32.5. The van der Waals surface area contributed by atoms with E-state index >= 15 is 0 Å². The summed E-state index contributed by atoms with van der Waals surface area (Å²) in [5.41, 5.74) is 2.50. The molecule has 0 aliphatic heterocycles. The second-order valence-corrected chi connectivity index (χ2v) is 9.40. The first-order valence-corrected chi connectivity index (χ1v) is 11.5. The van der Waals surface area contributed by atoms with Crippen LogP contribution in [0.1, 0.15) is 25.0 Å². The smallest absolute Gasteiger partial charge is 0.382 e. The fourth-order valence-electron chi connectivity index (χ4n) is 1.63. The Morgan fingerprint density at radius 1 is 1.17 bits per heavy atom. The van der Waals surface area contributed by atoms with Crippen molar-refractivity contribution >= 4 is 41.8 Å². The quantitative estimate of drug-likeness (QED) is 0.450. The topological polar surface area (TPSA) is 53.5 Å². The number of hydrogen-bond acceptors (Lipinski definition) is 8. The normalized spacial score (nSPS) is 11.6. The molecule has 0 saturated carbocycles. The Hall–Kier alpha value is -0.500. The average molecular weight is 390 g/mol. The van der Waals surface area contributed by atoms with Crippen LogP contribution in [0.2, 0.25) is 0 Å². The molecule has 5 nitrogen and oxygen atoms in total. The molecule has 9 heteroatoms. The van der Waals surface area contributed by atoms with Crippen LogP contribution in [0, 0.1) is 6.92 Å². The van der Waals surface area contributed by atoms with Crippen molar-refractivity contribution in [3.8, 4) is 6.01 Å². The maximum absolute atomic E-state index is 5.59. The van der Waals surface area contributed by atoms with Crippen LogP contribution >= 0.6 is 30.0 Å². The van der Waals surface area contributed by atoms with E-state index in [9.17, 15) is 0 Å². The van der Waals surface area contributed by atoms with E-state index < -0.39 is 6.72 Å². The highest BCUT2D eigenvalue weighted by Gasteiger charge is 2.23. The van der Waals surface area contributed by atoms with Crippen molar-refractivity contribution in [3.63, 3.8) is 0 Å².